The van der Waals surface area contributed by atoms with Crippen LogP contribution < -0.4 is 0 Å². The number of aliphatic hydroxyl groups excluding tert-OH is 1. The molecule has 1 aliphatic rings. The van der Waals surface area contributed by atoms with E-state index in [0.717, 1.165) is 12.8 Å². The molecule has 1 aliphatic carbocycles. The average molecular weight is 139 g/mol. The van der Waals surface area contributed by atoms with Crippen LogP contribution in [0.3, 0.4) is 0 Å². The molecule has 0 bridgehead atoms. The fourth-order valence-electron chi connectivity index (χ4n) is 1.22. The van der Waals surface area contributed by atoms with Gasteiger partial charge in [0.25, 0.3) is 0 Å². The molecule has 1 saturated carbocycles. The van der Waals surface area contributed by atoms with Gasteiger partial charge in [-0.25, -0.2) is 0 Å². The molecular weight excluding hydrogens is 126 g/mol. The van der Waals surface area contributed by atoms with Gasteiger partial charge in [0.15, 0.2) is 0 Å². The van der Waals surface area contributed by atoms with Gasteiger partial charge in [-0.1, -0.05) is 13.8 Å². The van der Waals surface area contributed by atoms with Gasteiger partial charge in [-0.2, -0.15) is 5.26 Å². The van der Waals surface area contributed by atoms with Crippen molar-refractivity contribution in [2.24, 2.45) is 10.8 Å². The number of nitrogens with zero attached hydrogens (tertiary/aromatic N) is 1. The molecule has 56 valence electrons. The predicted molar refractivity (Wildman–Crippen MR) is 38.1 cm³/mol. The first-order valence-corrected chi connectivity index (χ1v) is 3.60. The summed E-state index contributed by atoms with van der Waals surface area (Å²) in [5.74, 6) is 0. The third-order valence-electron chi connectivity index (χ3n) is 2.65. The van der Waals surface area contributed by atoms with Crippen molar-refractivity contribution in [3.8, 4) is 6.07 Å². The van der Waals surface area contributed by atoms with Crippen LogP contribution in [-0.2, 0) is 0 Å². The van der Waals surface area contributed by atoms with Gasteiger partial charge in [-0.05, 0) is 12.8 Å². The Balaban J connectivity index is 2.74. The summed E-state index contributed by atoms with van der Waals surface area (Å²) >= 11 is 0. The van der Waals surface area contributed by atoms with Crippen molar-refractivity contribution in [3.63, 3.8) is 0 Å². The van der Waals surface area contributed by atoms with Crippen molar-refractivity contribution in [2.75, 3.05) is 6.61 Å². The lowest BCUT2D eigenvalue weighted by molar-refractivity contribution is 0.109. The summed E-state index contributed by atoms with van der Waals surface area (Å²) in [7, 11) is 0. The zero-order chi connectivity index (χ0) is 7.83. The van der Waals surface area contributed by atoms with Crippen LogP contribution in [0.1, 0.15) is 26.7 Å². The van der Waals surface area contributed by atoms with Gasteiger partial charge in [0.1, 0.15) is 0 Å². The fraction of sp³-hybridized carbons (Fsp3) is 0.875. The molecule has 1 rings (SSSR count). The van der Waals surface area contributed by atoms with Crippen LogP contribution in [0.4, 0.5) is 0 Å². The predicted octanol–water partition coefficient (Wildman–Crippen LogP) is 1.31. The number of hydrogen-bond donors (Lipinski definition) is 1. The Hall–Kier alpha value is -0.550. The van der Waals surface area contributed by atoms with Crippen molar-refractivity contribution < 1.29 is 5.11 Å². The highest BCUT2D eigenvalue weighted by molar-refractivity contribution is 5.16. The van der Waals surface area contributed by atoms with Crippen LogP contribution >= 0.6 is 0 Å². The van der Waals surface area contributed by atoms with Gasteiger partial charge in [0, 0.05) is 12.0 Å². The van der Waals surface area contributed by atoms with E-state index < -0.39 is 0 Å². The second kappa shape index (κ2) is 1.96. The first-order valence-electron chi connectivity index (χ1n) is 3.60. The quantitative estimate of drug-likeness (QED) is 0.626. The van der Waals surface area contributed by atoms with E-state index in [1.807, 2.05) is 13.8 Å². The van der Waals surface area contributed by atoms with Crippen molar-refractivity contribution in [3.05, 3.63) is 0 Å². The molecule has 0 atom stereocenters. The molecule has 0 radical (unpaired) electrons. The van der Waals surface area contributed by atoms with E-state index in [9.17, 15) is 0 Å². The molecule has 1 fully saturated rings. The zero-order valence-corrected chi connectivity index (χ0v) is 6.52. The topological polar surface area (TPSA) is 44.0 Å². The lowest BCUT2D eigenvalue weighted by atomic mass is 9.77. The lowest BCUT2D eigenvalue weighted by Crippen LogP contribution is -2.28. The lowest BCUT2D eigenvalue weighted by Gasteiger charge is -2.26. The maximum absolute atomic E-state index is 8.95. The van der Waals surface area contributed by atoms with Crippen molar-refractivity contribution in [1.29, 1.82) is 5.26 Å². The van der Waals surface area contributed by atoms with E-state index in [0.29, 0.717) is 0 Å². The van der Waals surface area contributed by atoms with E-state index in [-0.39, 0.29) is 17.4 Å². The molecule has 0 aromatic heterocycles. The standard InChI is InChI=1S/C8H13NO/c1-7(2,6-10)8(5-9)3-4-8/h10H,3-4,6H2,1-2H3. The van der Waals surface area contributed by atoms with Crippen LogP contribution in [0, 0.1) is 22.2 Å². The molecule has 2 heteroatoms. The third kappa shape index (κ3) is 0.819. The monoisotopic (exact) mass is 139 g/mol. The Morgan fingerprint density at radius 1 is 1.60 bits per heavy atom. The number of aliphatic hydroxyl groups is 1. The highest BCUT2D eigenvalue weighted by Gasteiger charge is 2.54. The Kier molecular flexibility index (Phi) is 1.48. The molecule has 0 aromatic carbocycles. The number of hydrogen-bond acceptors (Lipinski definition) is 2. The molecule has 0 heterocycles. The summed E-state index contributed by atoms with van der Waals surface area (Å²) in [6, 6.07) is 2.28. The maximum Gasteiger partial charge on any atom is 0.0696 e. The van der Waals surface area contributed by atoms with Crippen LogP contribution in [-0.4, -0.2) is 11.7 Å². The largest absolute Gasteiger partial charge is 0.396 e. The van der Waals surface area contributed by atoms with E-state index in [1.165, 1.54) is 0 Å². The molecule has 10 heavy (non-hydrogen) atoms. The summed E-state index contributed by atoms with van der Waals surface area (Å²) in [5.41, 5.74) is -0.413. The molecule has 0 spiro atoms. The Labute approximate surface area is 61.5 Å². The maximum atomic E-state index is 8.95. The van der Waals surface area contributed by atoms with Gasteiger partial charge in [-0.15, -0.1) is 0 Å². The zero-order valence-electron chi connectivity index (χ0n) is 6.52. The normalized spacial score (nSPS) is 21.8. The Morgan fingerprint density at radius 3 is 2.20 bits per heavy atom. The second-order valence-corrected chi connectivity index (χ2v) is 3.74. The third-order valence-corrected chi connectivity index (χ3v) is 2.65. The van der Waals surface area contributed by atoms with Crippen molar-refractivity contribution in [1.82, 2.24) is 0 Å². The fourth-order valence-corrected chi connectivity index (χ4v) is 1.22. The highest BCUT2D eigenvalue weighted by Crippen LogP contribution is 2.57. The Bertz CT molecular complexity index is 174. The first-order chi connectivity index (χ1) is 4.58. The van der Waals surface area contributed by atoms with E-state index >= 15 is 0 Å². The minimum Gasteiger partial charge on any atom is -0.396 e. The van der Waals surface area contributed by atoms with Gasteiger partial charge in [0.05, 0.1) is 11.5 Å². The summed E-state index contributed by atoms with van der Waals surface area (Å²) in [4.78, 5) is 0. The number of nitriles is 1. The molecule has 1 N–H and O–H groups in total. The summed E-state index contributed by atoms with van der Waals surface area (Å²) in [6.07, 6.45) is 1.91. The molecule has 0 aromatic rings. The minimum atomic E-state index is -0.207. The Morgan fingerprint density at radius 2 is 2.10 bits per heavy atom. The molecule has 2 nitrogen and oxygen atoms in total. The highest BCUT2D eigenvalue weighted by atomic mass is 16.3. The van der Waals surface area contributed by atoms with Crippen molar-refractivity contribution in [2.45, 2.75) is 26.7 Å². The summed E-state index contributed by atoms with van der Waals surface area (Å²) < 4.78 is 0. The van der Waals surface area contributed by atoms with Gasteiger partial charge >= 0.3 is 0 Å². The average Bonchev–Trinajstić information content (AvgIpc) is 2.67. The molecule has 0 aliphatic heterocycles. The van der Waals surface area contributed by atoms with Crippen LogP contribution in [0.25, 0.3) is 0 Å². The molecule has 0 unspecified atom stereocenters. The smallest absolute Gasteiger partial charge is 0.0696 e. The van der Waals surface area contributed by atoms with Gasteiger partial charge in [0.2, 0.25) is 0 Å². The SMILES string of the molecule is CC(C)(CO)C1(C#N)CC1. The number of rotatable bonds is 2. The molecule has 0 amide bonds. The van der Waals surface area contributed by atoms with Gasteiger partial charge < -0.3 is 5.11 Å². The first kappa shape index (κ1) is 7.56. The minimum absolute atomic E-state index is 0.112. The van der Waals surface area contributed by atoms with Crippen LogP contribution in [0.15, 0.2) is 0 Å². The summed E-state index contributed by atoms with van der Waals surface area (Å²) in [6.45, 7) is 4.01. The van der Waals surface area contributed by atoms with E-state index in [1.54, 1.807) is 0 Å². The van der Waals surface area contributed by atoms with Gasteiger partial charge in [-0.3, -0.25) is 0 Å². The molecular formula is C8H13NO. The van der Waals surface area contributed by atoms with E-state index in [2.05, 4.69) is 6.07 Å². The van der Waals surface area contributed by atoms with E-state index in [4.69, 9.17) is 10.4 Å². The van der Waals surface area contributed by atoms with Crippen LogP contribution in [0.5, 0.6) is 0 Å². The summed E-state index contributed by atoms with van der Waals surface area (Å²) in [5, 5.41) is 17.7. The second-order valence-electron chi connectivity index (χ2n) is 3.74. The van der Waals surface area contributed by atoms with Crippen molar-refractivity contribution >= 4 is 0 Å². The molecule has 0 saturated heterocycles. The van der Waals surface area contributed by atoms with Crippen LogP contribution in [0.2, 0.25) is 0 Å².